The molecule has 11 heteroatoms. The molecular formula is C21H19F3N2O6. The van der Waals surface area contributed by atoms with Gasteiger partial charge in [-0.2, -0.15) is 0 Å². The zero-order chi connectivity index (χ0) is 23.1. The molecule has 8 nitrogen and oxygen atoms in total. The number of alkyl halides is 3. The van der Waals surface area contributed by atoms with Crippen LogP contribution in [0.3, 0.4) is 0 Å². The molecule has 0 aliphatic carbocycles. The van der Waals surface area contributed by atoms with E-state index in [0.29, 0.717) is 11.1 Å². The summed E-state index contributed by atoms with van der Waals surface area (Å²) in [5.74, 6) is -2.30. The number of benzene rings is 2. The first-order valence-corrected chi connectivity index (χ1v) is 9.57. The van der Waals surface area contributed by atoms with Crippen molar-refractivity contribution in [2.75, 3.05) is 6.61 Å². The summed E-state index contributed by atoms with van der Waals surface area (Å²) in [4.78, 5) is 35.6. The molecule has 0 fully saturated rings. The summed E-state index contributed by atoms with van der Waals surface area (Å²) in [5, 5.41) is 2.37. The number of esters is 1. The SMILES string of the molecule is O=C(COC(=O)CCCn1c(=O)oc2ccccc21)NCc1ccccc1OC(F)(F)F. The number of nitrogens with zero attached hydrogens (tertiary/aromatic N) is 1. The minimum atomic E-state index is -4.86. The largest absolute Gasteiger partial charge is 0.573 e. The number of para-hydroxylation sites is 3. The molecule has 1 N–H and O–H groups in total. The molecule has 1 amide bonds. The predicted octanol–water partition coefficient (Wildman–Crippen LogP) is 3.13. The van der Waals surface area contributed by atoms with E-state index in [4.69, 9.17) is 9.15 Å². The van der Waals surface area contributed by atoms with Crippen molar-refractivity contribution in [2.24, 2.45) is 0 Å². The normalized spacial score (nSPS) is 11.3. The number of carbonyl (C=O) groups excluding carboxylic acids is 2. The van der Waals surface area contributed by atoms with Crippen molar-refractivity contribution in [2.45, 2.75) is 32.3 Å². The summed E-state index contributed by atoms with van der Waals surface area (Å²) in [6.45, 7) is -0.595. The summed E-state index contributed by atoms with van der Waals surface area (Å²) in [6.07, 6.45) is -4.61. The van der Waals surface area contributed by atoms with Gasteiger partial charge in [-0.05, 0) is 24.6 Å². The molecule has 0 aliphatic rings. The van der Waals surface area contributed by atoms with Crippen molar-refractivity contribution < 1.29 is 36.7 Å². The number of nitrogens with one attached hydrogen (secondary N) is 1. The smallest absolute Gasteiger partial charge is 0.456 e. The van der Waals surface area contributed by atoms with Crippen LogP contribution in [0.25, 0.3) is 11.1 Å². The summed E-state index contributed by atoms with van der Waals surface area (Å²) in [7, 11) is 0. The van der Waals surface area contributed by atoms with Crippen LogP contribution in [0.1, 0.15) is 18.4 Å². The molecule has 0 spiro atoms. The number of rotatable bonds is 9. The molecule has 32 heavy (non-hydrogen) atoms. The maximum atomic E-state index is 12.4. The Labute approximate surface area is 179 Å². The number of oxazole rings is 1. The average molecular weight is 452 g/mol. The van der Waals surface area contributed by atoms with Gasteiger partial charge in [0.1, 0.15) is 5.75 Å². The Hall–Kier alpha value is -3.76. The van der Waals surface area contributed by atoms with Crippen molar-refractivity contribution in [1.29, 1.82) is 0 Å². The molecule has 3 aromatic rings. The van der Waals surface area contributed by atoms with Gasteiger partial charge in [0.25, 0.3) is 5.91 Å². The Morgan fingerprint density at radius 1 is 1.06 bits per heavy atom. The third kappa shape index (κ3) is 6.37. The third-order valence-electron chi connectivity index (χ3n) is 4.37. The first kappa shape index (κ1) is 22.9. The second-order valence-corrected chi connectivity index (χ2v) is 6.68. The zero-order valence-electron chi connectivity index (χ0n) is 16.7. The molecule has 0 saturated carbocycles. The summed E-state index contributed by atoms with van der Waals surface area (Å²) in [6, 6.07) is 12.2. The van der Waals surface area contributed by atoms with Gasteiger partial charge in [-0.25, -0.2) is 4.79 Å². The number of aromatic nitrogens is 1. The second-order valence-electron chi connectivity index (χ2n) is 6.68. The van der Waals surface area contributed by atoms with Crippen molar-refractivity contribution in [3.63, 3.8) is 0 Å². The van der Waals surface area contributed by atoms with Crippen molar-refractivity contribution in [3.05, 3.63) is 64.6 Å². The van der Waals surface area contributed by atoms with Crippen LogP contribution in [-0.2, 0) is 27.4 Å². The van der Waals surface area contributed by atoms with E-state index in [-0.39, 0.29) is 31.5 Å². The molecule has 2 aromatic carbocycles. The number of hydrogen-bond donors (Lipinski definition) is 1. The maximum absolute atomic E-state index is 12.4. The lowest BCUT2D eigenvalue weighted by atomic mass is 10.2. The Morgan fingerprint density at radius 2 is 1.78 bits per heavy atom. The molecule has 1 heterocycles. The third-order valence-corrected chi connectivity index (χ3v) is 4.37. The molecule has 0 atom stereocenters. The minimum Gasteiger partial charge on any atom is -0.456 e. The fraction of sp³-hybridized carbons (Fsp3) is 0.286. The van der Waals surface area contributed by atoms with Crippen molar-refractivity contribution in [1.82, 2.24) is 9.88 Å². The van der Waals surface area contributed by atoms with Gasteiger partial charge < -0.3 is 19.2 Å². The number of hydrogen-bond acceptors (Lipinski definition) is 6. The lowest BCUT2D eigenvalue weighted by Gasteiger charge is -2.13. The van der Waals surface area contributed by atoms with E-state index < -0.39 is 36.4 Å². The average Bonchev–Trinajstić information content (AvgIpc) is 3.06. The first-order chi connectivity index (χ1) is 15.2. The standard InChI is InChI=1S/C21H19F3N2O6/c22-21(23,24)32-16-8-3-1-6-14(16)12-25-18(27)13-30-19(28)10-5-11-26-15-7-2-4-9-17(15)31-20(26)29/h1-4,6-9H,5,10-13H2,(H,25,27). The Bertz CT molecular complexity index is 1150. The molecule has 170 valence electrons. The number of ether oxygens (including phenoxy) is 2. The first-order valence-electron chi connectivity index (χ1n) is 9.57. The van der Waals surface area contributed by atoms with E-state index in [1.54, 1.807) is 24.3 Å². The minimum absolute atomic E-state index is 0.0402. The number of aryl methyl sites for hydroxylation is 1. The fourth-order valence-corrected chi connectivity index (χ4v) is 2.94. The summed E-state index contributed by atoms with van der Waals surface area (Å²) in [5.41, 5.74) is 1.17. The van der Waals surface area contributed by atoms with Gasteiger partial charge in [0, 0.05) is 25.1 Å². The fourth-order valence-electron chi connectivity index (χ4n) is 2.94. The van der Waals surface area contributed by atoms with Gasteiger partial charge in [-0.3, -0.25) is 14.2 Å². The van der Waals surface area contributed by atoms with E-state index in [9.17, 15) is 27.6 Å². The van der Waals surface area contributed by atoms with Crippen LogP contribution in [0, 0.1) is 0 Å². The van der Waals surface area contributed by atoms with Crippen LogP contribution in [0.15, 0.2) is 57.7 Å². The highest BCUT2D eigenvalue weighted by atomic mass is 19.4. The van der Waals surface area contributed by atoms with Gasteiger partial charge in [-0.15, -0.1) is 13.2 Å². The predicted molar refractivity (Wildman–Crippen MR) is 106 cm³/mol. The number of amides is 1. The molecule has 0 unspecified atom stereocenters. The van der Waals surface area contributed by atoms with E-state index in [1.807, 2.05) is 0 Å². The lowest BCUT2D eigenvalue weighted by Crippen LogP contribution is -2.29. The van der Waals surface area contributed by atoms with Crippen LogP contribution in [0.2, 0.25) is 0 Å². The Balaban J connectivity index is 1.41. The van der Waals surface area contributed by atoms with Crippen molar-refractivity contribution >= 4 is 23.0 Å². The number of halogens is 3. The Morgan fingerprint density at radius 3 is 2.56 bits per heavy atom. The van der Waals surface area contributed by atoms with Crippen LogP contribution in [0.5, 0.6) is 5.75 Å². The summed E-state index contributed by atoms with van der Waals surface area (Å²) < 4.78 is 52.6. The highest BCUT2D eigenvalue weighted by Crippen LogP contribution is 2.26. The van der Waals surface area contributed by atoms with E-state index in [0.717, 1.165) is 6.07 Å². The topological polar surface area (TPSA) is 99.8 Å². The second kappa shape index (κ2) is 10.0. The van der Waals surface area contributed by atoms with Gasteiger partial charge in [0.2, 0.25) is 0 Å². The number of carbonyl (C=O) groups is 2. The molecule has 3 rings (SSSR count). The van der Waals surface area contributed by atoms with Gasteiger partial charge in [0.15, 0.2) is 12.2 Å². The Kier molecular flexibility index (Phi) is 7.18. The zero-order valence-corrected chi connectivity index (χ0v) is 16.7. The van der Waals surface area contributed by atoms with E-state index in [1.165, 1.54) is 22.8 Å². The highest BCUT2D eigenvalue weighted by molar-refractivity contribution is 5.80. The van der Waals surface area contributed by atoms with E-state index in [2.05, 4.69) is 10.1 Å². The molecular weight excluding hydrogens is 433 g/mol. The molecule has 0 bridgehead atoms. The molecule has 0 aliphatic heterocycles. The molecule has 0 radical (unpaired) electrons. The highest BCUT2D eigenvalue weighted by Gasteiger charge is 2.32. The van der Waals surface area contributed by atoms with Crippen LogP contribution in [-0.4, -0.2) is 29.4 Å². The lowest BCUT2D eigenvalue weighted by molar-refractivity contribution is -0.274. The van der Waals surface area contributed by atoms with Gasteiger partial charge in [0.05, 0.1) is 5.52 Å². The maximum Gasteiger partial charge on any atom is 0.573 e. The van der Waals surface area contributed by atoms with Crippen LogP contribution < -0.4 is 15.8 Å². The van der Waals surface area contributed by atoms with Gasteiger partial charge >= 0.3 is 18.1 Å². The van der Waals surface area contributed by atoms with Crippen LogP contribution in [0.4, 0.5) is 13.2 Å². The quantitative estimate of drug-likeness (QED) is 0.501. The van der Waals surface area contributed by atoms with E-state index >= 15 is 0 Å². The molecule has 0 saturated heterocycles. The molecule has 1 aromatic heterocycles. The summed E-state index contributed by atoms with van der Waals surface area (Å²) >= 11 is 0. The monoisotopic (exact) mass is 452 g/mol. The number of fused-ring (bicyclic) bond motifs is 1. The van der Waals surface area contributed by atoms with Crippen LogP contribution >= 0.6 is 0 Å². The van der Waals surface area contributed by atoms with Gasteiger partial charge in [-0.1, -0.05) is 30.3 Å². The van der Waals surface area contributed by atoms with Crippen molar-refractivity contribution in [3.8, 4) is 5.75 Å².